The summed E-state index contributed by atoms with van der Waals surface area (Å²) in [4.78, 5) is 10.5. The molecular weight excluding hydrogens is 308 g/mol. The van der Waals surface area contributed by atoms with E-state index in [0.29, 0.717) is 16.9 Å². The molecule has 0 heterocycles. The van der Waals surface area contributed by atoms with Gasteiger partial charge in [0.15, 0.2) is 0 Å². The van der Waals surface area contributed by atoms with Crippen LogP contribution in [-0.4, -0.2) is 11.5 Å². The van der Waals surface area contributed by atoms with Gasteiger partial charge in [-0.25, -0.2) is 0 Å². The Morgan fingerprint density at radius 1 is 1.42 bits per heavy atom. The van der Waals surface area contributed by atoms with Crippen LogP contribution >= 0.6 is 15.9 Å². The highest BCUT2D eigenvalue weighted by atomic mass is 79.9. The number of rotatable bonds is 6. The number of halogens is 1. The van der Waals surface area contributed by atoms with Crippen LogP contribution in [-0.2, 0) is 6.54 Å². The van der Waals surface area contributed by atoms with Gasteiger partial charge < -0.3 is 5.32 Å². The third-order valence-corrected chi connectivity index (χ3v) is 4.35. The first-order chi connectivity index (χ1) is 8.74. The monoisotopic (exact) mass is 328 g/mol. The number of benzene rings is 1. The molecule has 0 fully saturated rings. The third kappa shape index (κ3) is 4.58. The Kier molecular flexibility index (Phi) is 5.50. The fourth-order valence-electron chi connectivity index (χ4n) is 1.54. The SMILES string of the molecule is CC(C)C(C)(C)CNCc1ccc(Br)c([N+](=O)[O-])c1. The molecule has 19 heavy (non-hydrogen) atoms. The standard InChI is InChI=1S/C14H21BrN2O2/c1-10(2)14(3,4)9-16-8-11-5-6-12(15)13(7-11)17(18)19/h5-7,10,16H,8-9H2,1-4H3. The molecule has 1 rings (SSSR count). The van der Waals surface area contributed by atoms with Crippen LogP contribution in [0.4, 0.5) is 5.69 Å². The summed E-state index contributed by atoms with van der Waals surface area (Å²) >= 11 is 3.19. The number of nitro benzene ring substituents is 1. The van der Waals surface area contributed by atoms with Crippen LogP contribution in [0.25, 0.3) is 0 Å². The summed E-state index contributed by atoms with van der Waals surface area (Å²) in [5.41, 5.74) is 1.25. The van der Waals surface area contributed by atoms with Crippen molar-refractivity contribution < 1.29 is 4.92 Å². The normalized spacial score (nSPS) is 11.9. The van der Waals surface area contributed by atoms with Crippen molar-refractivity contribution in [2.45, 2.75) is 34.2 Å². The molecule has 1 aromatic rings. The summed E-state index contributed by atoms with van der Waals surface area (Å²) in [5, 5.41) is 14.2. The maximum atomic E-state index is 10.9. The molecular formula is C14H21BrN2O2. The Labute approximate surface area is 122 Å². The molecule has 1 N–H and O–H groups in total. The largest absolute Gasteiger partial charge is 0.312 e. The van der Waals surface area contributed by atoms with Crippen molar-refractivity contribution in [1.82, 2.24) is 5.32 Å². The zero-order valence-electron chi connectivity index (χ0n) is 11.9. The molecule has 0 aliphatic heterocycles. The smallest absolute Gasteiger partial charge is 0.283 e. The Balaban J connectivity index is 2.64. The molecule has 4 nitrogen and oxygen atoms in total. The van der Waals surface area contributed by atoms with E-state index in [1.165, 1.54) is 0 Å². The van der Waals surface area contributed by atoms with Crippen LogP contribution in [0.15, 0.2) is 22.7 Å². The second kappa shape index (κ2) is 6.48. The molecule has 0 unspecified atom stereocenters. The molecule has 0 bridgehead atoms. The molecule has 0 saturated carbocycles. The zero-order valence-corrected chi connectivity index (χ0v) is 13.5. The summed E-state index contributed by atoms with van der Waals surface area (Å²) in [5.74, 6) is 0.583. The van der Waals surface area contributed by atoms with Crippen molar-refractivity contribution in [2.24, 2.45) is 11.3 Å². The predicted octanol–water partition coefficient (Wildman–Crippen LogP) is 4.13. The van der Waals surface area contributed by atoms with Gasteiger partial charge >= 0.3 is 0 Å². The molecule has 0 saturated heterocycles. The molecule has 0 spiro atoms. The molecule has 1 aromatic carbocycles. The number of nitro groups is 1. The summed E-state index contributed by atoms with van der Waals surface area (Å²) < 4.78 is 0.517. The molecule has 0 amide bonds. The minimum Gasteiger partial charge on any atom is -0.312 e. The molecule has 5 heteroatoms. The minimum absolute atomic E-state index is 0.113. The van der Waals surface area contributed by atoms with Gasteiger partial charge in [0, 0.05) is 19.2 Å². The van der Waals surface area contributed by atoms with E-state index >= 15 is 0 Å². The third-order valence-electron chi connectivity index (χ3n) is 3.68. The summed E-state index contributed by atoms with van der Waals surface area (Å²) in [6.45, 7) is 10.4. The van der Waals surface area contributed by atoms with Gasteiger partial charge in [-0.3, -0.25) is 10.1 Å². The highest BCUT2D eigenvalue weighted by Crippen LogP contribution is 2.27. The predicted molar refractivity (Wildman–Crippen MR) is 81.1 cm³/mol. The van der Waals surface area contributed by atoms with Gasteiger partial charge in [-0.1, -0.05) is 33.8 Å². The fourth-order valence-corrected chi connectivity index (χ4v) is 1.93. The highest BCUT2D eigenvalue weighted by molar-refractivity contribution is 9.10. The second-order valence-corrected chi connectivity index (χ2v) is 6.64. The molecule has 0 aliphatic carbocycles. The Bertz CT molecular complexity index is 459. The van der Waals surface area contributed by atoms with Gasteiger partial charge in [-0.2, -0.15) is 0 Å². The van der Waals surface area contributed by atoms with E-state index in [2.05, 4.69) is 48.9 Å². The quantitative estimate of drug-likeness (QED) is 0.631. The first kappa shape index (κ1) is 16.1. The van der Waals surface area contributed by atoms with E-state index in [4.69, 9.17) is 0 Å². The van der Waals surface area contributed by atoms with Crippen LogP contribution in [0.5, 0.6) is 0 Å². The lowest BCUT2D eigenvalue weighted by molar-refractivity contribution is -0.385. The Morgan fingerprint density at radius 3 is 2.58 bits per heavy atom. The maximum absolute atomic E-state index is 10.9. The first-order valence-corrected chi connectivity index (χ1v) is 7.17. The van der Waals surface area contributed by atoms with E-state index in [-0.39, 0.29) is 16.0 Å². The number of hydrogen-bond donors (Lipinski definition) is 1. The average Bonchev–Trinajstić information content (AvgIpc) is 2.30. The van der Waals surface area contributed by atoms with Crippen LogP contribution in [0.3, 0.4) is 0 Å². The van der Waals surface area contributed by atoms with Crippen LogP contribution in [0.1, 0.15) is 33.3 Å². The van der Waals surface area contributed by atoms with E-state index in [1.807, 2.05) is 6.07 Å². The number of nitrogens with zero attached hydrogens (tertiary/aromatic N) is 1. The second-order valence-electron chi connectivity index (χ2n) is 5.79. The van der Waals surface area contributed by atoms with Crippen molar-refractivity contribution in [3.05, 3.63) is 38.3 Å². The van der Waals surface area contributed by atoms with Gasteiger partial charge in [-0.05, 0) is 38.9 Å². The zero-order chi connectivity index (χ0) is 14.6. The summed E-state index contributed by atoms with van der Waals surface area (Å²) in [6.07, 6.45) is 0. The van der Waals surface area contributed by atoms with Crippen LogP contribution in [0.2, 0.25) is 0 Å². The Morgan fingerprint density at radius 2 is 2.05 bits per heavy atom. The van der Waals surface area contributed by atoms with Crippen LogP contribution < -0.4 is 5.32 Å². The summed E-state index contributed by atoms with van der Waals surface area (Å²) in [7, 11) is 0. The van der Waals surface area contributed by atoms with Gasteiger partial charge in [0.2, 0.25) is 0 Å². The number of nitrogens with one attached hydrogen (secondary N) is 1. The first-order valence-electron chi connectivity index (χ1n) is 6.37. The maximum Gasteiger partial charge on any atom is 0.283 e. The van der Waals surface area contributed by atoms with Gasteiger partial charge in [0.1, 0.15) is 0 Å². The molecule has 0 aromatic heterocycles. The van der Waals surface area contributed by atoms with E-state index in [1.54, 1.807) is 12.1 Å². The van der Waals surface area contributed by atoms with Crippen molar-refractivity contribution in [3.63, 3.8) is 0 Å². The lowest BCUT2D eigenvalue weighted by Crippen LogP contribution is -2.33. The molecule has 0 atom stereocenters. The Hall–Kier alpha value is -0.940. The van der Waals surface area contributed by atoms with Crippen molar-refractivity contribution in [2.75, 3.05) is 6.54 Å². The van der Waals surface area contributed by atoms with Crippen molar-refractivity contribution in [1.29, 1.82) is 0 Å². The molecule has 106 valence electrons. The lowest BCUT2D eigenvalue weighted by atomic mass is 9.81. The van der Waals surface area contributed by atoms with Gasteiger partial charge in [0.25, 0.3) is 5.69 Å². The molecule has 0 aliphatic rings. The van der Waals surface area contributed by atoms with Crippen molar-refractivity contribution >= 4 is 21.6 Å². The lowest BCUT2D eigenvalue weighted by Gasteiger charge is -2.29. The summed E-state index contributed by atoms with van der Waals surface area (Å²) in [6, 6.07) is 5.23. The number of hydrogen-bond acceptors (Lipinski definition) is 3. The van der Waals surface area contributed by atoms with Gasteiger partial charge in [-0.15, -0.1) is 0 Å². The minimum atomic E-state index is -0.369. The fraction of sp³-hybridized carbons (Fsp3) is 0.571. The van der Waals surface area contributed by atoms with E-state index in [9.17, 15) is 10.1 Å². The van der Waals surface area contributed by atoms with Gasteiger partial charge in [0.05, 0.1) is 9.40 Å². The topological polar surface area (TPSA) is 55.2 Å². The molecule has 0 radical (unpaired) electrons. The van der Waals surface area contributed by atoms with Crippen molar-refractivity contribution in [3.8, 4) is 0 Å². The average molecular weight is 329 g/mol. The van der Waals surface area contributed by atoms with E-state index in [0.717, 1.165) is 12.1 Å². The van der Waals surface area contributed by atoms with Crippen LogP contribution in [0, 0.1) is 21.4 Å². The van der Waals surface area contributed by atoms with E-state index < -0.39 is 0 Å². The highest BCUT2D eigenvalue weighted by Gasteiger charge is 2.21.